The zero-order valence-electron chi connectivity index (χ0n) is 15.6. The van der Waals surface area contributed by atoms with Crippen molar-refractivity contribution in [1.29, 1.82) is 0 Å². The fourth-order valence-electron chi connectivity index (χ4n) is 2.93. The van der Waals surface area contributed by atoms with Crippen LogP contribution in [0.15, 0.2) is 80.2 Å². The summed E-state index contributed by atoms with van der Waals surface area (Å²) >= 11 is 1.19. The second-order valence-corrected chi connectivity index (χ2v) is 7.51. The monoisotopic (exact) mass is 438 g/mol. The number of hydrogen-bond acceptors (Lipinski definition) is 7. The molecule has 2 aromatic carbocycles. The van der Waals surface area contributed by atoms with E-state index in [0.717, 1.165) is 4.68 Å². The lowest BCUT2D eigenvalue weighted by atomic mass is 10.2. The van der Waals surface area contributed by atoms with Gasteiger partial charge in [0.05, 0.1) is 0 Å². The van der Waals surface area contributed by atoms with E-state index in [4.69, 9.17) is 4.52 Å². The van der Waals surface area contributed by atoms with E-state index in [0.29, 0.717) is 21.1 Å². The van der Waals surface area contributed by atoms with Gasteiger partial charge in [0.1, 0.15) is 23.2 Å². The molecule has 0 radical (unpaired) electrons. The molecule has 0 unspecified atom stereocenters. The van der Waals surface area contributed by atoms with Gasteiger partial charge < -0.3 is 4.52 Å². The van der Waals surface area contributed by atoms with Gasteiger partial charge in [-0.3, -0.25) is 0 Å². The van der Waals surface area contributed by atoms with Gasteiger partial charge in [0, 0.05) is 22.9 Å². The molecular formula is C20H12F2N6O2S. The van der Waals surface area contributed by atoms with E-state index in [1.54, 1.807) is 18.2 Å². The maximum Gasteiger partial charge on any atom is 0.350 e. The van der Waals surface area contributed by atoms with Crippen molar-refractivity contribution >= 4 is 17.4 Å². The van der Waals surface area contributed by atoms with Gasteiger partial charge in [0.2, 0.25) is 11.7 Å². The van der Waals surface area contributed by atoms with Crippen LogP contribution in [0.25, 0.3) is 17.0 Å². The van der Waals surface area contributed by atoms with Crippen molar-refractivity contribution in [3.8, 4) is 11.4 Å². The minimum Gasteiger partial charge on any atom is -0.337 e. The van der Waals surface area contributed by atoms with Crippen LogP contribution in [0.2, 0.25) is 0 Å². The van der Waals surface area contributed by atoms with Crippen LogP contribution in [0.3, 0.4) is 0 Å². The predicted octanol–water partition coefficient (Wildman–Crippen LogP) is 3.42. The number of nitrogens with zero attached hydrogens (tertiary/aromatic N) is 6. The zero-order chi connectivity index (χ0) is 21.4. The van der Waals surface area contributed by atoms with E-state index < -0.39 is 11.5 Å². The van der Waals surface area contributed by atoms with Crippen molar-refractivity contribution in [3.63, 3.8) is 0 Å². The molecule has 3 aromatic heterocycles. The van der Waals surface area contributed by atoms with Crippen LogP contribution in [0, 0.1) is 11.6 Å². The molecule has 31 heavy (non-hydrogen) atoms. The third-order valence-electron chi connectivity index (χ3n) is 4.32. The molecule has 11 heteroatoms. The Morgan fingerprint density at radius 2 is 1.87 bits per heavy atom. The molecule has 0 aliphatic heterocycles. The number of hydrogen-bond donors (Lipinski definition) is 0. The Labute approximate surface area is 177 Å². The maximum atomic E-state index is 13.5. The Morgan fingerprint density at radius 1 is 1.06 bits per heavy atom. The lowest BCUT2D eigenvalue weighted by Crippen LogP contribution is -2.21. The van der Waals surface area contributed by atoms with Crippen LogP contribution in [-0.2, 0) is 6.54 Å². The SMILES string of the molecule is O=c1n(Cc2nc(-c3cccc(F)c3)no2)nc2c(Sc3cccc(F)c3)nccn12. The van der Waals surface area contributed by atoms with Crippen LogP contribution in [0.4, 0.5) is 8.78 Å². The van der Waals surface area contributed by atoms with E-state index in [1.807, 2.05) is 0 Å². The molecule has 0 aliphatic rings. The summed E-state index contributed by atoms with van der Waals surface area (Å²) in [5.74, 6) is -0.450. The Balaban J connectivity index is 1.46. The standard InChI is InChI=1S/C20H12F2N6O2S/c21-13-4-1-3-12(9-13)17-24-16(30-26-17)11-28-20(29)27-8-7-23-19(18(27)25-28)31-15-6-2-5-14(22)10-15/h1-10H,11H2. The summed E-state index contributed by atoms with van der Waals surface area (Å²) in [4.78, 5) is 21.8. The topological polar surface area (TPSA) is 91.1 Å². The molecular weight excluding hydrogens is 426 g/mol. The molecule has 0 fully saturated rings. The first-order valence-corrected chi connectivity index (χ1v) is 9.84. The smallest absolute Gasteiger partial charge is 0.337 e. The molecule has 0 spiro atoms. The van der Waals surface area contributed by atoms with E-state index in [9.17, 15) is 13.6 Å². The summed E-state index contributed by atoms with van der Waals surface area (Å²) < 4.78 is 34.6. The molecule has 0 N–H and O–H groups in total. The molecule has 3 heterocycles. The van der Waals surface area contributed by atoms with Gasteiger partial charge in [-0.25, -0.2) is 27.6 Å². The van der Waals surface area contributed by atoms with Crippen molar-refractivity contribution in [1.82, 2.24) is 29.3 Å². The number of benzene rings is 2. The highest BCUT2D eigenvalue weighted by Crippen LogP contribution is 2.28. The van der Waals surface area contributed by atoms with Crippen molar-refractivity contribution < 1.29 is 13.3 Å². The van der Waals surface area contributed by atoms with Gasteiger partial charge in [0.25, 0.3) is 0 Å². The predicted molar refractivity (Wildman–Crippen MR) is 107 cm³/mol. The normalized spacial score (nSPS) is 11.3. The minimum absolute atomic E-state index is 0.0765. The Bertz CT molecular complexity index is 1460. The van der Waals surface area contributed by atoms with Gasteiger partial charge in [-0.15, -0.1) is 5.10 Å². The minimum atomic E-state index is -0.427. The van der Waals surface area contributed by atoms with Gasteiger partial charge in [-0.1, -0.05) is 35.1 Å². The molecule has 8 nitrogen and oxygen atoms in total. The molecule has 0 amide bonds. The number of fused-ring (bicyclic) bond motifs is 1. The average Bonchev–Trinajstić information content (AvgIpc) is 3.34. The molecule has 5 rings (SSSR count). The summed E-state index contributed by atoms with van der Waals surface area (Å²) in [6.45, 7) is -0.0765. The summed E-state index contributed by atoms with van der Waals surface area (Å²) in [5.41, 5.74) is 0.339. The summed E-state index contributed by atoms with van der Waals surface area (Å²) in [7, 11) is 0. The second-order valence-electron chi connectivity index (χ2n) is 6.45. The highest BCUT2D eigenvalue weighted by molar-refractivity contribution is 7.99. The molecule has 0 saturated carbocycles. The zero-order valence-corrected chi connectivity index (χ0v) is 16.5. The summed E-state index contributed by atoms with van der Waals surface area (Å²) in [6.07, 6.45) is 2.96. The Hall–Kier alpha value is -3.86. The summed E-state index contributed by atoms with van der Waals surface area (Å²) in [5, 5.41) is 8.60. The summed E-state index contributed by atoms with van der Waals surface area (Å²) in [6, 6.07) is 11.8. The first kappa shape index (κ1) is 19.1. The number of rotatable bonds is 5. The number of aromatic nitrogens is 6. The van der Waals surface area contributed by atoms with Crippen molar-refractivity contribution in [2.24, 2.45) is 0 Å². The van der Waals surface area contributed by atoms with E-state index in [1.165, 1.54) is 58.9 Å². The van der Waals surface area contributed by atoms with Crippen molar-refractivity contribution in [2.75, 3.05) is 0 Å². The third-order valence-corrected chi connectivity index (χ3v) is 5.29. The van der Waals surface area contributed by atoms with Crippen LogP contribution < -0.4 is 5.69 Å². The van der Waals surface area contributed by atoms with Crippen LogP contribution in [0.1, 0.15) is 5.89 Å². The first-order chi connectivity index (χ1) is 15.1. The first-order valence-electron chi connectivity index (χ1n) is 9.03. The quantitative estimate of drug-likeness (QED) is 0.415. The molecule has 0 saturated heterocycles. The maximum absolute atomic E-state index is 13.5. The lowest BCUT2D eigenvalue weighted by Gasteiger charge is -2.01. The van der Waals surface area contributed by atoms with Crippen LogP contribution in [-0.4, -0.2) is 29.3 Å². The molecule has 0 bridgehead atoms. The molecule has 0 atom stereocenters. The van der Waals surface area contributed by atoms with Crippen LogP contribution in [0.5, 0.6) is 0 Å². The van der Waals surface area contributed by atoms with Gasteiger partial charge in [-0.05, 0) is 30.3 Å². The Kier molecular flexibility index (Phi) is 4.79. The van der Waals surface area contributed by atoms with Crippen LogP contribution >= 0.6 is 11.8 Å². The molecule has 0 aliphatic carbocycles. The Morgan fingerprint density at radius 3 is 2.68 bits per heavy atom. The van der Waals surface area contributed by atoms with Crippen molar-refractivity contribution in [2.45, 2.75) is 16.5 Å². The fourth-order valence-corrected chi connectivity index (χ4v) is 3.82. The van der Waals surface area contributed by atoms with Gasteiger partial charge >= 0.3 is 5.69 Å². The van der Waals surface area contributed by atoms with E-state index in [-0.39, 0.29) is 24.1 Å². The van der Waals surface area contributed by atoms with E-state index >= 15 is 0 Å². The largest absolute Gasteiger partial charge is 0.350 e. The van der Waals surface area contributed by atoms with Gasteiger partial charge in [-0.2, -0.15) is 4.98 Å². The molecule has 5 aromatic rings. The second kappa shape index (κ2) is 7.76. The fraction of sp³-hybridized carbons (Fsp3) is 0.0500. The third kappa shape index (κ3) is 3.82. The lowest BCUT2D eigenvalue weighted by molar-refractivity contribution is 0.364. The number of halogens is 2. The molecule has 154 valence electrons. The average molecular weight is 438 g/mol. The van der Waals surface area contributed by atoms with Crippen molar-refractivity contribution in [3.05, 3.63) is 88.9 Å². The highest BCUT2D eigenvalue weighted by Gasteiger charge is 2.16. The van der Waals surface area contributed by atoms with Gasteiger partial charge in [0.15, 0.2) is 5.65 Å². The highest BCUT2D eigenvalue weighted by atomic mass is 32.2. The van der Waals surface area contributed by atoms with E-state index in [2.05, 4.69) is 20.2 Å².